The van der Waals surface area contributed by atoms with Crippen molar-refractivity contribution >= 4 is 16.5 Å². The lowest BCUT2D eigenvalue weighted by Crippen LogP contribution is -2.22. The second kappa shape index (κ2) is 3.65. The molecule has 3 rings (SSSR count). The van der Waals surface area contributed by atoms with E-state index in [0.29, 0.717) is 5.23 Å². The number of fused-ring (bicyclic) bond motifs is 1. The highest BCUT2D eigenvalue weighted by atomic mass is 17.0. The lowest BCUT2D eigenvalue weighted by Gasteiger charge is -2.17. The summed E-state index contributed by atoms with van der Waals surface area (Å²) in [6.07, 6.45) is 1.52. The third-order valence-corrected chi connectivity index (χ3v) is 2.64. The minimum atomic E-state index is 0.137. The largest absolute Gasteiger partial charge is 0.380 e. The minimum absolute atomic E-state index is 0.137. The van der Waals surface area contributed by atoms with Gasteiger partial charge in [0.25, 0.3) is 0 Å². The highest BCUT2D eigenvalue weighted by Gasteiger charge is 2.21. The first kappa shape index (κ1) is 9.95. The van der Waals surface area contributed by atoms with E-state index in [4.69, 9.17) is 10.7 Å². The summed E-state index contributed by atoms with van der Waals surface area (Å²) in [5.74, 6) is 0.137. The van der Waals surface area contributed by atoms with Crippen molar-refractivity contribution in [2.45, 2.75) is 0 Å². The molecule has 1 aliphatic rings. The summed E-state index contributed by atoms with van der Waals surface area (Å²) in [5.41, 5.74) is 6.34. The summed E-state index contributed by atoms with van der Waals surface area (Å²) in [6.45, 7) is 0. The quantitative estimate of drug-likeness (QED) is 0.782. The number of anilines is 1. The van der Waals surface area contributed by atoms with E-state index in [1.165, 1.54) is 11.3 Å². The van der Waals surface area contributed by atoms with Crippen LogP contribution < -0.4 is 10.8 Å². The van der Waals surface area contributed by atoms with E-state index in [-0.39, 0.29) is 5.82 Å². The zero-order valence-corrected chi connectivity index (χ0v) is 8.95. The van der Waals surface area contributed by atoms with Crippen LogP contribution in [0, 0.1) is 0 Å². The van der Waals surface area contributed by atoms with Crippen molar-refractivity contribution in [2.75, 3.05) is 5.06 Å². The highest BCUT2D eigenvalue weighted by Crippen LogP contribution is 2.29. The van der Waals surface area contributed by atoms with Crippen molar-refractivity contribution < 1.29 is 10.1 Å². The van der Waals surface area contributed by atoms with E-state index in [0.717, 1.165) is 16.5 Å². The Morgan fingerprint density at radius 3 is 2.59 bits per heavy atom. The van der Waals surface area contributed by atoms with Crippen LogP contribution >= 0.6 is 0 Å². The number of nitrogens with zero attached hydrogens (tertiary/aromatic N) is 2. The molecular weight excluding hydrogens is 218 g/mol. The second-order valence-electron chi connectivity index (χ2n) is 3.73. The number of hydroxylamine groups is 3. The first-order valence-corrected chi connectivity index (χ1v) is 5.17. The van der Waals surface area contributed by atoms with Crippen molar-refractivity contribution in [2.24, 2.45) is 5.73 Å². The predicted molar refractivity (Wildman–Crippen MR) is 63.4 cm³/mol. The van der Waals surface area contributed by atoms with E-state index < -0.39 is 0 Å². The van der Waals surface area contributed by atoms with Gasteiger partial charge in [-0.2, -0.15) is 5.06 Å². The fraction of sp³-hybridized carbons (Fsp3) is 0. The summed E-state index contributed by atoms with van der Waals surface area (Å²) in [4.78, 5) is 5.07. The first-order chi connectivity index (χ1) is 8.25. The number of nitrogens with two attached hydrogens (primary N) is 1. The third kappa shape index (κ3) is 1.57. The average molecular weight is 229 g/mol. The standard InChI is InChI=1S/C12H11N3O2/c13-12-8-14(17-15(12)16)11-7-3-5-9-4-1-2-6-10(9)11/h1-8,16H,13H2. The smallest absolute Gasteiger partial charge is 0.176 e. The number of hydrogen-bond donors (Lipinski definition) is 2. The fourth-order valence-electron chi connectivity index (χ4n) is 1.84. The van der Waals surface area contributed by atoms with Crippen LogP contribution in [0.5, 0.6) is 0 Å². The number of hydrogen-bond acceptors (Lipinski definition) is 5. The summed E-state index contributed by atoms with van der Waals surface area (Å²) in [6, 6.07) is 13.7. The molecule has 0 aliphatic carbocycles. The van der Waals surface area contributed by atoms with E-state index >= 15 is 0 Å². The molecule has 3 N–H and O–H groups in total. The molecule has 5 heteroatoms. The highest BCUT2D eigenvalue weighted by molar-refractivity contribution is 5.94. The molecule has 0 saturated heterocycles. The zero-order valence-electron chi connectivity index (χ0n) is 8.95. The molecule has 0 aromatic heterocycles. The fourth-order valence-corrected chi connectivity index (χ4v) is 1.84. The Bertz CT molecular complexity index is 592. The van der Waals surface area contributed by atoms with E-state index in [2.05, 4.69) is 0 Å². The molecular formula is C12H11N3O2. The molecule has 0 atom stereocenters. The molecule has 0 bridgehead atoms. The van der Waals surface area contributed by atoms with Crippen LogP contribution in [0.3, 0.4) is 0 Å². The Morgan fingerprint density at radius 2 is 1.82 bits per heavy atom. The van der Waals surface area contributed by atoms with Gasteiger partial charge in [-0.1, -0.05) is 41.6 Å². The Balaban J connectivity index is 2.13. The van der Waals surface area contributed by atoms with Gasteiger partial charge < -0.3 is 5.73 Å². The van der Waals surface area contributed by atoms with Gasteiger partial charge in [-0.15, -0.1) is 4.94 Å². The van der Waals surface area contributed by atoms with Gasteiger partial charge in [0.1, 0.15) is 0 Å². The first-order valence-electron chi connectivity index (χ1n) is 5.17. The summed E-state index contributed by atoms with van der Waals surface area (Å²) in [5, 5.41) is 13.4. The van der Waals surface area contributed by atoms with Crippen LogP contribution in [0.15, 0.2) is 54.5 Å². The number of rotatable bonds is 1. The lowest BCUT2D eigenvalue weighted by molar-refractivity contribution is -0.303. The van der Waals surface area contributed by atoms with E-state index in [1.54, 1.807) is 0 Å². The monoisotopic (exact) mass is 229 g/mol. The van der Waals surface area contributed by atoms with Gasteiger partial charge in [-0.25, -0.2) is 0 Å². The Morgan fingerprint density at radius 1 is 1.06 bits per heavy atom. The van der Waals surface area contributed by atoms with Crippen molar-refractivity contribution in [3.05, 3.63) is 54.5 Å². The van der Waals surface area contributed by atoms with Crippen molar-refractivity contribution in [3.63, 3.8) is 0 Å². The maximum atomic E-state index is 9.28. The second-order valence-corrected chi connectivity index (χ2v) is 3.73. The van der Waals surface area contributed by atoms with Gasteiger partial charge in [0.15, 0.2) is 5.82 Å². The maximum absolute atomic E-state index is 9.28. The normalized spacial score (nSPS) is 15.5. The maximum Gasteiger partial charge on any atom is 0.176 e. The lowest BCUT2D eigenvalue weighted by atomic mass is 10.1. The molecule has 1 aliphatic heterocycles. The Kier molecular flexibility index (Phi) is 2.14. The van der Waals surface area contributed by atoms with E-state index in [1.807, 2.05) is 42.5 Å². The van der Waals surface area contributed by atoms with Crippen LogP contribution in [0.2, 0.25) is 0 Å². The third-order valence-electron chi connectivity index (χ3n) is 2.64. The Labute approximate surface area is 97.8 Å². The molecule has 0 spiro atoms. The number of benzene rings is 2. The molecule has 5 nitrogen and oxygen atoms in total. The molecule has 0 saturated carbocycles. The molecule has 86 valence electrons. The van der Waals surface area contributed by atoms with Gasteiger partial charge in [0.2, 0.25) is 0 Å². The van der Waals surface area contributed by atoms with Gasteiger partial charge in [0.05, 0.1) is 11.9 Å². The zero-order chi connectivity index (χ0) is 11.8. The van der Waals surface area contributed by atoms with Gasteiger partial charge in [-0.3, -0.25) is 5.21 Å². The average Bonchev–Trinajstić information content (AvgIpc) is 2.69. The molecule has 0 amide bonds. The van der Waals surface area contributed by atoms with Crippen molar-refractivity contribution in [3.8, 4) is 0 Å². The molecule has 17 heavy (non-hydrogen) atoms. The van der Waals surface area contributed by atoms with Crippen molar-refractivity contribution in [1.29, 1.82) is 0 Å². The molecule has 2 aromatic rings. The van der Waals surface area contributed by atoms with Gasteiger partial charge in [0, 0.05) is 5.39 Å². The SMILES string of the molecule is NC1=CN(c2cccc3ccccc23)ON1O. The molecule has 0 unspecified atom stereocenters. The van der Waals surface area contributed by atoms with Crippen molar-refractivity contribution in [1.82, 2.24) is 5.23 Å². The predicted octanol–water partition coefficient (Wildman–Crippen LogP) is 1.96. The van der Waals surface area contributed by atoms with Gasteiger partial charge in [-0.05, 0) is 11.5 Å². The minimum Gasteiger partial charge on any atom is -0.380 e. The van der Waals surface area contributed by atoms with Crippen LogP contribution in [-0.2, 0) is 4.94 Å². The van der Waals surface area contributed by atoms with Crippen LogP contribution in [-0.4, -0.2) is 10.4 Å². The molecule has 1 heterocycles. The molecule has 0 fully saturated rings. The van der Waals surface area contributed by atoms with Crippen LogP contribution in [0.1, 0.15) is 0 Å². The van der Waals surface area contributed by atoms with Crippen LogP contribution in [0.25, 0.3) is 10.8 Å². The molecule has 2 aromatic carbocycles. The summed E-state index contributed by atoms with van der Waals surface area (Å²) in [7, 11) is 0. The summed E-state index contributed by atoms with van der Waals surface area (Å²) >= 11 is 0. The van der Waals surface area contributed by atoms with E-state index in [9.17, 15) is 5.21 Å². The van der Waals surface area contributed by atoms with Gasteiger partial charge >= 0.3 is 0 Å². The molecule has 0 radical (unpaired) electrons. The van der Waals surface area contributed by atoms with Crippen LogP contribution in [0.4, 0.5) is 5.69 Å². The summed E-state index contributed by atoms with van der Waals surface area (Å²) < 4.78 is 0. The topological polar surface area (TPSA) is 62.0 Å². The Hall–Kier alpha value is -2.24.